The summed E-state index contributed by atoms with van der Waals surface area (Å²) >= 11 is 0. The van der Waals surface area contributed by atoms with Crippen LogP contribution in [0.1, 0.15) is 23.7 Å². The van der Waals surface area contributed by atoms with Crippen molar-refractivity contribution in [2.24, 2.45) is 0 Å². The number of alkyl halides is 4. The summed E-state index contributed by atoms with van der Waals surface area (Å²) in [7, 11) is 1.34. The molecule has 0 radical (unpaired) electrons. The highest BCUT2D eigenvalue weighted by Gasteiger charge is 2.35. The van der Waals surface area contributed by atoms with Crippen LogP contribution < -0.4 is 10.6 Å². The summed E-state index contributed by atoms with van der Waals surface area (Å²) in [4.78, 5) is 7.56. The first-order valence-corrected chi connectivity index (χ1v) is 7.96. The fourth-order valence-corrected chi connectivity index (χ4v) is 2.81. The van der Waals surface area contributed by atoms with Gasteiger partial charge in [0.2, 0.25) is 5.95 Å². The molecule has 1 saturated heterocycles. The lowest BCUT2D eigenvalue weighted by Crippen LogP contribution is -2.32. The molecule has 0 amide bonds. The van der Waals surface area contributed by atoms with Gasteiger partial charge in [-0.05, 0) is 13.3 Å². The van der Waals surface area contributed by atoms with Gasteiger partial charge in [0.15, 0.2) is 0 Å². The molecule has 1 aliphatic rings. The van der Waals surface area contributed by atoms with Crippen molar-refractivity contribution < 1.29 is 22.3 Å². The maximum absolute atomic E-state index is 14.1. The number of aromatic nitrogens is 4. The summed E-state index contributed by atoms with van der Waals surface area (Å²) in [5.41, 5.74) is 0.167. The molecule has 0 aromatic carbocycles. The summed E-state index contributed by atoms with van der Waals surface area (Å²) in [6, 6.07) is -0.444. The first-order valence-electron chi connectivity index (χ1n) is 7.96. The van der Waals surface area contributed by atoms with Gasteiger partial charge < -0.3 is 15.4 Å². The molecule has 1 aliphatic heterocycles. The Morgan fingerprint density at radius 1 is 1.31 bits per heavy atom. The number of hydrogen-bond acceptors (Lipinski definition) is 6. The van der Waals surface area contributed by atoms with Gasteiger partial charge in [-0.25, -0.2) is 9.37 Å². The number of rotatable bonds is 4. The molecule has 0 bridgehead atoms. The molecule has 26 heavy (non-hydrogen) atoms. The van der Waals surface area contributed by atoms with E-state index in [2.05, 4.69) is 25.7 Å². The van der Waals surface area contributed by atoms with Crippen LogP contribution in [0.25, 0.3) is 0 Å². The van der Waals surface area contributed by atoms with Crippen LogP contribution in [0.4, 0.5) is 35.0 Å². The van der Waals surface area contributed by atoms with Gasteiger partial charge in [0, 0.05) is 19.9 Å². The molecule has 3 rings (SSSR count). The summed E-state index contributed by atoms with van der Waals surface area (Å²) in [5.74, 6) is -0.359. The Morgan fingerprint density at radius 3 is 2.73 bits per heavy atom. The van der Waals surface area contributed by atoms with Crippen molar-refractivity contribution >= 4 is 17.5 Å². The molecular formula is C15H18F4N6O. The molecule has 2 atom stereocenters. The third-order valence-corrected chi connectivity index (χ3v) is 4.19. The van der Waals surface area contributed by atoms with Gasteiger partial charge in [-0.2, -0.15) is 23.3 Å². The predicted octanol–water partition coefficient (Wildman–Crippen LogP) is 3.09. The Kier molecular flexibility index (Phi) is 4.99. The fourth-order valence-electron chi connectivity index (χ4n) is 2.81. The number of nitrogens with one attached hydrogen (secondary N) is 2. The predicted molar refractivity (Wildman–Crippen MR) is 86.2 cm³/mol. The van der Waals surface area contributed by atoms with Crippen molar-refractivity contribution in [2.45, 2.75) is 31.7 Å². The van der Waals surface area contributed by atoms with Gasteiger partial charge >= 0.3 is 6.18 Å². The SMILES string of the molecule is CNc1nc(Nc2cnn(C3CCOC[C@@H]3F)c2C)ncc1C(F)(F)F. The normalized spacial score (nSPS) is 20.8. The lowest BCUT2D eigenvalue weighted by molar-refractivity contribution is -0.137. The van der Waals surface area contributed by atoms with Crippen LogP contribution in [0.3, 0.4) is 0 Å². The Bertz CT molecular complexity index is 778. The van der Waals surface area contributed by atoms with E-state index in [1.165, 1.54) is 13.2 Å². The molecule has 2 aromatic heterocycles. The number of nitrogens with zero attached hydrogens (tertiary/aromatic N) is 4. The van der Waals surface area contributed by atoms with Gasteiger partial charge in [0.25, 0.3) is 0 Å². The Hall–Kier alpha value is -2.43. The summed E-state index contributed by atoms with van der Waals surface area (Å²) in [5, 5.41) is 9.44. The molecule has 7 nitrogen and oxygen atoms in total. The highest BCUT2D eigenvalue weighted by molar-refractivity contribution is 5.58. The Balaban J connectivity index is 1.84. The van der Waals surface area contributed by atoms with Crippen LogP contribution >= 0.6 is 0 Å². The first-order chi connectivity index (χ1) is 12.3. The second-order valence-corrected chi connectivity index (χ2v) is 5.86. The summed E-state index contributed by atoms with van der Waals surface area (Å²) < 4.78 is 59.4. The molecule has 0 spiro atoms. The molecule has 11 heteroatoms. The number of hydrogen-bond donors (Lipinski definition) is 2. The summed E-state index contributed by atoms with van der Waals surface area (Å²) in [6.07, 6.45) is -3.07. The average molecular weight is 374 g/mol. The minimum absolute atomic E-state index is 0.0142. The van der Waals surface area contributed by atoms with Crippen molar-refractivity contribution in [2.75, 3.05) is 30.9 Å². The van der Waals surface area contributed by atoms with Crippen LogP contribution in [0, 0.1) is 6.92 Å². The van der Waals surface area contributed by atoms with E-state index in [0.717, 1.165) is 0 Å². The van der Waals surface area contributed by atoms with Crippen LogP contribution in [0.2, 0.25) is 0 Å². The van der Waals surface area contributed by atoms with Crippen LogP contribution in [0.5, 0.6) is 0 Å². The third-order valence-electron chi connectivity index (χ3n) is 4.19. The number of halogens is 4. The zero-order valence-electron chi connectivity index (χ0n) is 14.1. The van der Waals surface area contributed by atoms with Crippen LogP contribution in [-0.4, -0.2) is 46.2 Å². The molecule has 2 N–H and O–H groups in total. The highest BCUT2D eigenvalue weighted by Crippen LogP contribution is 2.34. The van der Waals surface area contributed by atoms with Gasteiger partial charge in [-0.1, -0.05) is 0 Å². The quantitative estimate of drug-likeness (QED) is 0.801. The van der Waals surface area contributed by atoms with Gasteiger partial charge in [0.05, 0.1) is 30.2 Å². The molecule has 0 aliphatic carbocycles. The van der Waals surface area contributed by atoms with Crippen molar-refractivity contribution in [1.29, 1.82) is 0 Å². The minimum Gasteiger partial charge on any atom is -0.378 e. The second-order valence-electron chi connectivity index (χ2n) is 5.86. The summed E-state index contributed by atoms with van der Waals surface area (Å²) in [6.45, 7) is 2.20. The van der Waals surface area contributed by atoms with Crippen molar-refractivity contribution in [3.8, 4) is 0 Å². The fraction of sp³-hybridized carbons (Fsp3) is 0.533. The molecular weight excluding hydrogens is 356 g/mol. The Morgan fingerprint density at radius 2 is 2.08 bits per heavy atom. The topological polar surface area (TPSA) is 76.9 Å². The zero-order valence-corrected chi connectivity index (χ0v) is 14.1. The molecule has 142 valence electrons. The van der Waals surface area contributed by atoms with E-state index in [1.54, 1.807) is 11.6 Å². The minimum atomic E-state index is -4.56. The van der Waals surface area contributed by atoms with E-state index in [1.807, 2.05) is 0 Å². The van der Waals surface area contributed by atoms with Crippen LogP contribution in [-0.2, 0) is 10.9 Å². The molecule has 1 fully saturated rings. The van der Waals surface area contributed by atoms with Gasteiger partial charge in [-0.15, -0.1) is 0 Å². The van der Waals surface area contributed by atoms with E-state index in [9.17, 15) is 17.6 Å². The smallest absolute Gasteiger partial charge is 0.378 e. The van der Waals surface area contributed by atoms with Crippen molar-refractivity contribution in [3.63, 3.8) is 0 Å². The molecule has 2 aromatic rings. The molecule has 1 unspecified atom stereocenters. The maximum atomic E-state index is 14.1. The maximum Gasteiger partial charge on any atom is 0.421 e. The zero-order chi connectivity index (χ0) is 18.9. The van der Waals surface area contributed by atoms with E-state index in [-0.39, 0.29) is 18.4 Å². The van der Waals surface area contributed by atoms with E-state index < -0.39 is 24.0 Å². The monoisotopic (exact) mass is 374 g/mol. The number of anilines is 3. The lowest BCUT2D eigenvalue weighted by atomic mass is 10.1. The molecule has 3 heterocycles. The van der Waals surface area contributed by atoms with Crippen molar-refractivity contribution in [1.82, 2.24) is 19.7 Å². The molecule has 0 saturated carbocycles. The average Bonchev–Trinajstić information content (AvgIpc) is 2.95. The third kappa shape index (κ3) is 3.57. The van der Waals surface area contributed by atoms with Crippen molar-refractivity contribution in [3.05, 3.63) is 23.7 Å². The van der Waals surface area contributed by atoms with Gasteiger partial charge in [0.1, 0.15) is 17.6 Å². The van der Waals surface area contributed by atoms with Gasteiger partial charge in [-0.3, -0.25) is 4.68 Å². The largest absolute Gasteiger partial charge is 0.421 e. The Labute approximate surface area is 146 Å². The van der Waals surface area contributed by atoms with E-state index in [4.69, 9.17) is 4.74 Å². The lowest BCUT2D eigenvalue weighted by Gasteiger charge is -2.27. The number of ether oxygens (including phenoxy) is 1. The van der Waals surface area contributed by atoms with Crippen LogP contribution in [0.15, 0.2) is 12.4 Å². The van der Waals surface area contributed by atoms with E-state index >= 15 is 0 Å². The highest BCUT2D eigenvalue weighted by atomic mass is 19.4. The second kappa shape index (κ2) is 7.06. The standard InChI is InChI=1S/C15H18F4N6O/c1-8-11(6-22-25(8)12-3-4-26-7-10(12)16)23-14-21-5-9(15(17,18)19)13(20-2)24-14/h5-6,10,12H,3-4,7H2,1-2H3,(H2,20,21,23,24)/t10-,12?/m0/s1. The first kappa shape index (κ1) is 18.4. The van der Waals surface area contributed by atoms with E-state index in [0.29, 0.717) is 30.6 Å².